The van der Waals surface area contributed by atoms with Gasteiger partial charge in [-0.2, -0.15) is 0 Å². The van der Waals surface area contributed by atoms with Crippen molar-refractivity contribution in [3.8, 4) is 17.2 Å². The Morgan fingerprint density at radius 2 is 1.77 bits per heavy atom. The number of ether oxygens (including phenoxy) is 4. The van der Waals surface area contributed by atoms with Crippen molar-refractivity contribution < 1.29 is 23.7 Å². The van der Waals surface area contributed by atoms with E-state index in [9.17, 15) is 4.79 Å². The van der Waals surface area contributed by atoms with Crippen LogP contribution in [0, 0.1) is 0 Å². The van der Waals surface area contributed by atoms with Crippen LogP contribution in [0.5, 0.6) is 17.2 Å². The second kappa shape index (κ2) is 5.55. The van der Waals surface area contributed by atoms with Crippen molar-refractivity contribution in [1.29, 1.82) is 0 Å². The SMILES string of the molecule is COc1cc(C2OC(=O)c3cnccc32)cc(OC)c1OC. The Kier molecular flexibility index (Phi) is 3.58. The maximum absolute atomic E-state index is 11.9. The van der Waals surface area contributed by atoms with Crippen LogP contribution >= 0.6 is 0 Å². The molecule has 0 spiro atoms. The van der Waals surface area contributed by atoms with Crippen LogP contribution in [0.2, 0.25) is 0 Å². The minimum Gasteiger partial charge on any atom is -0.493 e. The predicted octanol–water partition coefficient (Wildman–Crippen LogP) is 2.37. The third-order valence-corrected chi connectivity index (χ3v) is 3.57. The third kappa shape index (κ3) is 2.13. The van der Waals surface area contributed by atoms with Crippen LogP contribution in [0.3, 0.4) is 0 Å². The van der Waals surface area contributed by atoms with Gasteiger partial charge in [-0.25, -0.2) is 4.79 Å². The molecule has 1 aliphatic heterocycles. The standard InChI is InChI=1S/C16H15NO5/c1-19-12-6-9(7-13(20-2)15(12)21-3)14-10-4-5-17-8-11(10)16(18)22-14/h4-8,14H,1-3H3. The summed E-state index contributed by atoms with van der Waals surface area (Å²) in [6, 6.07) is 5.32. The van der Waals surface area contributed by atoms with Crippen molar-refractivity contribution in [3.05, 3.63) is 47.3 Å². The van der Waals surface area contributed by atoms with Gasteiger partial charge in [0, 0.05) is 23.5 Å². The molecule has 0 saturated carbocycles. The van der Waals surface area contributed by atoms with Crippen LogP contribution in [0.15, 0.2) is 30.6 Å². The minimum atomic E-state index is -0.515. The van der Waals surface area contributed by atoms with E-state index >= 15 is 0 Å². The smallest absolute Gasteiger partial charge is 0.341 e. The fourth-order valence-corrected chi connectivity index (χ4v) is 2.54. The van der Waals surface area contributed by atoms with Gasteiger partial charge in [-0.1, -0.05) is 0 Å². The van der Waals surface area contributed by atoms with Crippen molar-refractivity contribution in [1.82, 2.24) is 4.98 Å². The summed E-state index contributed by atoms with van der Waals surface area (Å²) in [6.45, 7) is 0. The van der Waals surface area contributed by atoms with Gasteiger partial charge in [0.05, 0.1) is 26.9 Å². The van der Waals surface area contributed by atoms with E-state index in [2.05, 4.69) is 4.98 Å². The van der Waals surface area contributed by atoms with Gasteiger partial charge in [-0.15, -0.1) is 0 Å². The number of hydrogen-bond donors (Lipinski definition) is 0. The number of rotatable bonds is 4. The fourth-order valence-electron chi connectivity index (χ4n) is 2.54. The van der Waals surface area contributed by atoms with Gasteiger partial charge in [0.1, 0.15) is 0 Å². The highest BCUT2D eigenvalue weighted by atomic mass is 16.6. The van der Waals surface area contributed by atoms with Crippen LogP contribution in [0.1, 0.15) is 27.6 Å². The second-order valence-electron chi connectivity index (χ2n) is 4.71. The molecule has 22 heavy (non-hydrogen) atoms. The molecule has 114 valence electrons. The number of benzene rings is 1. The number of esters is 1. The van der Waals surface area contributed by atoms with E-state index in [4.69, 9.17) is 18.9 Å². The van der Waals surface area contributed by atoms with Crippen LogP contribution in [-0.4, -0.2) is 32.3 Å². The Labute approximate surface area is 127 Å². The molecule has 0 radical (unpaired) electrons. The lowest BCUT2D eigenvalue weighted by molar-refractivity contribution is 0.0455. The highest BCUT2D eigenvalue weighted by Gasteiger charge is 2.33. The number of pyridine rings is 1. The molecule has 0 saturated heterocycles. The first-order valence-electron chi connectivity index (χ1n) is 6.64. The minimum absolute atomic E-state index is 0.387. The van der Waals surface area contributed by atoms with Gasteiger partial charge >= 0.3 is 5.97 Å². The first kappa shape index (κ1) is 14.2. The van der Waals surface area contributed by atoms with E-state index in [1.165, 1.54) is 13.3 Å². The number of hydrogen-bond acceptors (Lipinski definition) is 6. The summed E-state index contributed by atoms with van der Waals surface area (Å²) in [7, 11) is 4.62. The molecule has 2 heterocycles. The largest absolute Gasteiger partial charge is 0.493 e. The monoisotopic (exact) mass is 301 g/mol. The van der Waals surface area contributed by atoms with Gasteiger partial charge in [0.2, 0.25) is 5.75 Å². The van der Waals surface area contributed by atoms with E-state index < -0.39 is 6.10 Å². The average molecular weight is 301 g/mol. The lowest BCUT2D eigenvalue weighted by atomic mass is 10.00. The second-order valence-corrected chi connectivity index (χ2v) is 4.71. The summed E-state index contributed by atoms with van der Waals surface area (Å²) in [5.41, 5.74) is 1.99. The highest BCUT2D eigenvalue weighted by molar-refractivity contribution is 5.94. The van der Waals surface area contributed by atoms with Crippen LogP contribution in [0.25, 0.3) is 0 Å². The van der Waals surface area contributed by atoms with Crippen LogP contribution in [0.4, 0.5) is 0 Å². The zero-order chi connectivity index (χ0) is 15.7. The fraction of sp³-hybridized carbons (Fsp3) is 0.250. The highest BCUT2D eigenvalue weighted by Crippen LogP contribution is 2.43. The maximum Gasteiger partial charge on any atom is 0.341 e. The summed E-state index contributed by atoms with van der Waals surface area (Å²) < 4.78 is 21.4. The molecule has 6 nitrogen and oxygen atoms in total. The number of nitrogens with zero attached hydrogens (tertiary/aromatic N) is 1. The Morgan fingerprint density at radius 1 is 1.09 bits per heavy atom. The van der Waals surface area contributed by atoms with E-state index in [-0.39, 0.29) is 5.97 Å². The van der Waals surface area contributed by atoms with Gasteiger partial charge in [-0.05, 0) is 18.2 Å². The average Bonchev–Trinajstić information content (AvgIpc) is 2.90. The molecule has 0 amide bonds. The van der Waals surface area contributed by atoms with Crippen molar-refractivity contribution >= 4 is 5.97 Å². The lowest BCUT2D eigenvalue weighted by Gasteiger charge is -2.17. The van der Waals surface area contributed by atoms with Crippen LogP contribution < -0.4 is 14.2 Å². The molecule has 0 aliphatic carbocycles. The molecule has 1 atom stereocenters. The molecule has 1 aliphatic rings. The van der Waals surface area contributed by atoms with Gasteiger partial charge in [-0.3, -0.25) is 4.98 Å². The van der Waals surface area contributed by atoms with E-state index in [1.807, 2.05) is 0 Å². The van der Waals surface area contributed by atoms with E-state index in [0.29, 0.717) is 22.8 Å². The van der Waals surface area contributed by atoms with Crippen molar-refractivity contribution in [2.45, 2.75) is 6.10 Å². The molecule has 1 aromatic heterocycles. The maximum atomic E-state index is 11.9. The van der Waals surface area contributed by atoms with Crippen LogP contribution in [-0.2, 0) is 4.74 Å². The molecular formula is C16H15NO5. The summed E-state index contributed by atoms with van der Waals surface area (Å²) in [5.74, 6) is 1.13. The Balaban J connectivity index is 2.12. The van der Waals surface area contributed by atoms with Crippen molar-refractivity contribution in [2.75, 3.05) is 21.3 Å². The topological polar surface area (TPSA) is 66.9 Å². The number of methoxy groups -OCH3 is 3. The molecule has 0 fully saturated rings. The number of cyclic esters (lactones) is 1. The third-order valence-electron chi connectivity index (χ3n) is 3.57. The van der Waals surface area contributed by atoms with Gasteiger partial charge in [0.15, 0.2) is 17.6 Å². The molecule has 0 bridgehead atoms. The summed E-state index contributed by atoms with van der Waals surface area (Å²) >= 11 is 0. The zero-order valence-corrected chi connectivity index (χ0v) is 12.5. The molecule has 3 rings (SSSR count). The molecular weight excluding hydrogens is 286 g/mol. The quantitative estimate of drug-likeness (QED) is 0.808. The van der Waals surface area contributed by atoms with Gasteiger partial charge < -0.3 is 18.9 Å². The Morgan fingerprint density at radius 3 is 2.36 bits per heavy atom. The van der Waals surface area contributed by atoms with E-state index in [1.54, 1.807) is 38.6 Å². The number of carbonyl (C=O) groups excluding carboxylic acids is 1. The van der Waals surface area contributed by atoms with Gasteiger partial charge in [0.25, 0.3) is 0 Å². The summed E-state index contributed by atoms with van der Waals surface area (Å²) in [6.07, 6.45) is 2.63. The predicted molar refractivity (Wildman–Crippen MR) is 77.6 cm³/mol. The summed E-state index contributed by atoms with van der Waals surface area (Å²) in [4.78, 5) is 15.9. The normalized spacial score (nSPS) is 16.0. The Bertz CT molecular complexity index is 703. The number of fused-ring (bicyclic) bond motifs is 1. The van der Waals surface area contributed by atoms with E-state index in [0.717, 1.165) is 11.1 Å². The zero-order valence-electron chi connectivity index (χ0n) is 12.5. The molecule has 6 heteroatoms. The number of carbonyl (C=O) groups is 1. The molecule has 1 aromatic carbocycles. The first-order valence-corrected chi connectivity index (χ1v) is 6.64. The first-order chi connectivity index (χ1) is 10.7. The van der Waals surface area contributed by atoms with Crippen molar-refractivity contribution in [3.63, 3.8) is 0 Å². The Hall–Kier alpha value is -2.76. The molecule has 1 unspecified atom stereocenters. The number of aromatic nitrogens is 1. The van der Waals surface area contributed by atoms with Crippen molar-refractivity contribution in [2.24, 2.45) is 0 Å². The molecule has 0 N–H and O–H groups in total. The molecule has 2 aromatic rings. The lowest BCUT2D eigenvalue weighted by Crippen LogP contribution is -2.03. The summed E-state index contributed by atoms with van der Waals surface area (Å²) in [5, 5.41) is 0.